The molecule has 0 aliphatic carbocycles. The Hall–Kier alpha value is -1.79. The molecule has 4 nitrogen and oxygen atoms in total. The van der Waals surface area contributed by atoms with E-state index in [0.717, 1.165) is 11.6 Å². The lowest BCUT2D eigenvalue weighted by Gasteiger charge is -2.06. The fourth-order valence-corrected chi connectivity index (χ4v) is 2.43. The number of nitrogens with zero attached hydrogens (tertiary/aromatic N) is 1. The van der Waals surface area contributed by atoms with Gasteiger partial charge in [-0.3, -0.25) is 0 Å². The largest absolute Gasteiger partial charge is 0.261 e. The molecule has 2 rings (SSSR count). The maximum atomic E-state index is 13.3. The van der Waals surface area contributed by atoms with Crippen molar-refractivity contribution in [3.8, 4) is 0 Å². The van der Waals surface area contributed by atoms with Gasteiger partial charge in [-0.25, -0.2) is 22.5 Å². The zero-order chi connectivity index (χ0) is 13.0. The van der Waals surface area contributed by atoms with Gasteiger partial charge in [-0.15, -0.1) is 0 Å². The predicted octanol–water partition coefficient (Wildman–Crippen LogP) is 1.70. The number of nitrogens with one attached hydrogen (secondary N) is 1. The van der Waals surface area contributed by atoms with E-state index in [9.17, 15) is 12.8 Å². The highest BCUT2D eigenvalue weighted by Gasteiger charge is 2.19. The van der Waals surface area contributed by atoms with Gasteiger partial charge in [-0.05, 0) is 17.7 Å². The molecule has 18 heavy (non-hydrogen) atoms. The van der Waals surface area contributed by atoms with Crippen LogP contribution < -0.4 is 4.72 Å². The summed E-state index contributed by atoms with van der Waals surface area (Å²) < 4.78 is 39.3. The quantitative estimate of drug-likeness (QED) is 0.916. The molecule has 94 valence electrons. The third-order valence-electron chi connectivity index (χ3n) is 2.29. The molecule has 0 aliphatic rings. The lowest BCUT2D eigenvalue weighted by molar-refractivity contribution is 0.544. The number of pyridine rings is 1. The van der Waals surface area contributed by atoms with Gasteiger partial charge in [0.25, 0.3) is 10.0 Å². The van der Waals surface area contributed by atoms with Crippen LogP contribution in [0.1, 0.15) is 5.56 Å². The molecule has 0 radical (unpaired) electrons. The van der Waals surface area contributed by atoms with Crippen LogP contribution in [0.3, 0.4) is 0 Å². The van der Waals surface area contributed by atoms with Crippen LogP contribution in [-0.4, -0.2) is 13.4 Å². The topological polar surface area (TPSA) is 59.1 Å². The summed E-state index contributed by atoms with van der Waals surface area (Å²) in [5.74, 6) is -0.863. The van der Waals surface area contributed by atoms with Crippen molar-refractivity contribution in [2.45, 2.75) is 11.6 Å². The summed E-state index contributed by atoms with van der Waals surface area (Å²) in [7, 11) is -3.93. The Bertz CT molecular complexity index is 630. The molecule has 0 spiro atoms. The van der Waals surface area contributed by atoms with Crippen LogP contribution in [0.4, 0.5) is 4.39 Å². The SMILES string of the molecule is O=S(=O)(NCc1ccccc1)c1ncccc1F. The van der Waals surface area contributed by atoms with Crippen molar-refractivity contribution in [3.63, 3.8) is 0 Å². The van der Waals surface area contributed by atoms with Crippen LogP contribution >= 0.6 is 0 Å². The first kappa shape index (κ1) is 12.7. The van der Waals surface area contributed by atoms with E-state index in [2.05, 4.69) is 9.71 Å². The maximum absolute atomic E-state index is 13.3. The molecule has 1 aromatic heterocycles. The fraction of sp³-hybridized carbons (Fsp3) is 0.0833. The van der Waals surface area contributed by atoms with E-state index in [1.807, 2.05) is 6.07 Å². The van der Waals surface area contributed by atoms with E-state index in [1.165, 1.54) is 12.3 Å². The predicted molar refractivity (Wildman–Crippen MR) is 64.7 cm³/mol. The molecule has 1 aromatic carbocycles. The zero-order valence-corrected chi connectivity index (χ0v) is 10.2. The molecule has 0 saturated heterocycles. The summed E-state index contributed by atoms with van der Waals surface area (Å²) in [6.45, 7) is 0.0964. The number of benzene rings is 1. The minimum absolute atomic E-state index is 0.0964. The summed E-state index contributed by atoms with van der Waals surface area (Å²) in [5, 5.41) is -0.582. The van der Waals surface area contributed by atoms with Crippen LogP contribution in [-0.2, 0) is 16.6 Å². The molecule has 1 heterocycles. The van der Waals surface area contributed by atoms with Crippen LogP contribution in [0.2, 0.25) is 0 Å². The number of rotatable bonds is 4. The Kier molecular flexibility index (Phi) is 3.69. The van der Waals surface area contributed by atoms with E-state index in [-0.39, 0.29) is 6.54 Å². The molecule has 1 N–H and O–H groups in total. The van der Waals surface area contributed by atoms with Crippen LogP contribution in [0.5, 0.6) is 0 Å². The Labute approximate surface area is 105 Å². The highest BCUT2D eigenvalue weighted by Crippen LogP contribution is 2.10. The first-order valence-corrected chi connectivity index (χ1v) is 6.72. The summed E-state index contributed by atoms with van der Waals surface area (Å²) in [4.78, 5) is 3.54. The fourth-order valence-electron chi connectivity index (χ4n) is 1.41. The molecule has 0 aliphatic heterocycles. The molecular weight excluding hydrogens is 255 g/mol. The summed E-state index contributed by atoms with van der Waals surface area (Å²) in [6.07, 6.45) is 1.24. The Morgan fingerprint density at radius 1 is 1.11 bits per heavy atom. The number of halogens is 1. The molecule has 0 bridgehead atoms. The Morgan fingerprint density at radius 3 is 2.50 bits per heavy atom. The average Bonchev–Trinajstić information content (AvgIpc) is 2.38. The summed E-state index contributed by atoms with van der Waals surface area (Å²) in [6, 6.07) is 11.4. The highest BCUT2D eigenvalue weighted by atomic mass is 32.2. The van der Waals surface area contributed by atoms with Gasteiger partial charge in [-0.2, -0.15) is 0 Å². The van der Waals surface area contributed by atoms with E-state index in [4.69, 9.17) is 0 Å². The third kappa shape index (κ3) is 2.91. The molecular formula is C12H11FN2O2S. The van der Waals surface area contributed by atoms with Crippen molar-refractivity contribution in [3.05, 3.63) is 60.0 Å². The smallest absolute Gasteiger partial charge is 0.241 e. The normalized spacial score (nSPS) is 11.4. The average molecular weight is 266 g/mol. The molecule has 0 fully saturated rings. The van der Waals surface area contributed by atoms with Crippen molar-refractivity contribution < 1.29 is 12.8 Å². The Morgan fingerprint density at radius 2 is 1.83 bits per heavy atom. The van der Waals surface area contributed by atoms with Crippen molar-refractivity contribution in [1.82, 2.24) is 9.71 Å². The highest BCUT2D eigenvalue weighted by molar-refractivity contribution is 7.89. The second-order valence-corrected chi connectivity index (χ2v) is 5.28. The first-order chi connectivity index (χ1) is 8.59. The molecule has 2 aromatic rings. The second kappa shape index (κ2) is 5.24. The number of hydrogen-bond acceptors (Lipinski definition) is 3. The lowest BCUT2D eigenvalue weighted by atomic mass is 10.2. The van der Waals surface area contributed by atoms with Gasteiger partial charge in [0, 0.05) is 12.7 Å². The minimum Gasteiger partial charge on any atom is -0.241 e. The van der Waals surface area contributed by atoms with Gasteiger partial charge in [-0.1, -0.05) is 30.3 Å². The molecule has 0 saturated carbocycles. The summed E-state index contributed by atoms with van der Waals surface area (Å²) >= 11 is 0. The summed E-state index contributed by atoms with van der Waals surface area (Å²) in [5.41, 5.74) is 0.789. The molecule has 0 unspecified atom stereocenters. The standard InChI is InChI=1S/C12H11FN2O2S/c13-11-7-4-8-14-12(11)18(16,17)15-9-10-5-2-1-3-6-10/h1-8,15H,9H2. The van der Waals surface area contributed by atoms with Gasteiger partial charge >= 0.3 is 0 Å². The number of aromatic nitrogens is 1. The van der Waals surface area contributed by atoms with Crippen molar-refractivity contribution in [2.75, 3.05) is 0 Å². The van der Waals surface area contributed by atoms with E-state index in [0.29, 0.717) is 0 Å². The van der Waals surface area contributed by atoms with Crippen molar-refractivity contribution in [1.29, 1.82) is 0 Å². The Balaban J connectivity index is 2.16. The van der Waals surface area contributed by atoms with Crippen molar-refractivity contribution >= 4 is 10.0 Å². The third-order valence-corrected chi connectivity index (χ3v) is 3.62. The molecule has 0 atom stereocenters. The van der Waals surface area contributed by atoms with Crippen LogP contribution in [0, 0.1) is 5.82 Å². The maximum Gasteiger partial charge on any atom is 0.261 e. The first-order valence-electron chi connectivity index (χ1n) is 5.24. The second-order valence-electron chi connectivity index (χ2n) is 3.60. The monoisotopic (exact) mass is 266 g/mol. The van der Waals surface area contributed by atoms with E-state index >= 15 is 0 Å². The molecule has 6 heteroatoms. The molecule has 0 amide bonds. The number of hydrogen-bond donors (Lipinski definition) is 1. The minimum atomic E-state index is -3.93. The van der Waals surface area contributed by atoms with Crippen LogP contribution in [0.15, 0.2) is 53.7 Å². The van der Waals surface area contributed by atoms with Gasteiger partial charge < -0.3 is 0 Å². The van der Waals surface area contributed by atoms with Gasteiger partial charge in [0.2, 0.25) is 5.03 Å². The van der Waals surface area contributed by atoms with E-state index in [1.54, 1.807) is 24.3 Å². The van der Waals surface area contributed by atoms with Gasteiger partial charge in [0.15, 0.2) is 5.82 Å². The zero-order valence-electron chi connectivity index (χ0n) is 9.38. The van der Waals surface area contributed by atoms with Crippen LogP contribution in [0.25, 0.3) is 0 Å². The van der Waals surface area contributed by atoms with Gasteiger partial charge in [0.1, 0.15) is 0 Å². The lowest BCUT2D eigenvalue weighted by Crippen LogP contribution is -2.25. The number of sulfonamides is 1. The van der Waals surface area contributed by atoms with Crippen molar-refractivity contribution in [2.24, 2.45) is 0 Å². The van der Waals surface area contributed by atoms with E-state index < -0.39 is 20.9 Å². The van der Waals surface area contributed by atoms with Gasteiger partial charge in [0.05, 0.1) is 0 Å².